The summed E-state index contributed by atoms with van der Waals surface area (Å²) in [5.41, 5.74) is 7.68. The van der Waals surface area contributed by atoms with E-state index >= 15 is 0 Å². The lowest BCUT2D eigenvalue weighted by molar-refractivity contribution is -0.113. The Morgan fingerprint density at radius 2 is 2.06 bits per heavy atom. The van der Waals surface area contributed by atoms with Gasteiger partial charge in [0.2, 0.25) is 5.91 Å². The number of nitrogens with one attached hydrogen (secondary N) is 1. The van der Waals surface area contributed by atoms with Crippen molar-refractivity contribution in [1.29, 1.82) is 0 Å². The Morgan fingerprint density at radius 3 is 2.65 bits per heavy atom. The van der Waals surface area contributed by atoms with Crippen LogP contribution in [-0.2, 0) is 4.79 Å². The van der Waals surface area contributed by atoms with Crippen molar-refractivity contribution in [2.45, 2.75) is 26.3 Å². The van der Waals surface area contributed by atoms with Crippen LogP contribution in [0.5, 0.6) is 0 Å². The monoisotopic (exact) mass is 252 g/mol. The van der Waals surface area contributed by atoms with Crippen LogP contribution in [-0.4, -0.2) is 23.5 Å². The molecular formula is C13H20N2OS. The van der Waals surface area contributed by atoms with Gasteiger partial charge in [0.1, 0.15) is 0 Å². The highest BCUT2D eigenvalue weighted by atomic mass is 32.2. The fraction of sp³-hybridized carbons (Fsp3) is 0.462. The molecular weight excluding hydrogens is 232 g/mol. The Bertz CT molecular complexity index is 349. The highest BCUT2D eigenvalue weighted by Crippen LogP contribution is 2.10. The molecule has 4 heteroatoms. The van der Waals surface area contributed by atoms with Crippen molar-refractivity contribution in [3.63, 3.8) is 0 Å². The summed E-state index contributed by atoms with van der Waals surface area (Å²) in [6, 6.07) is 8.01. The molecule has 1 aromatic rings. The zero-order valence-electron chi connectivity index (χ0n) is 10.4. The minimum Gasteiger partial charge on any atom is -0.328 e. The maximum Gasteiger partial charge on any atom is 0.234 e. The summed E-state index contributed by atoms with van der Waals surface area (Å²) in [5.74, 6) is 1.46. The average molecular weight is 252 g/mol. The molecule has 0 spiro atoms. The molecule has 1 rings (SSSR count). The molecule has 94 valence electrons. The van der Waals surface area contributed by atoms with Gasteiger partial charge in [-0.05, 0) is 38.2 Å². The second-order valence-electron chi connectivity index (χ2n) is 4.23. The molecule has 3 N–H and O–H groups in total. The van der Waals surface area contributed by atoms with E-state index in [1.54, 1.807) is 11.8 Å². The van der Waals surface area contributed by atoms with E-state index in [1.165, 1.54) is 5.56 Å². The lowest BCUT2D eigenvalue weighted by atomic mass is 10.2. The van der Waals surface area contributed by atoms with Crippen LogP contribution in [0.3, 0.4) is 0 Å². The summed E-state index contributed by atoms with van der Waals surface area (Å²) >= 11 is 1.62. The zero-order chi connectivity index (χ0) is 12.7. The molecule has 0 bridgehead atoms. The number of thioether (sulfide) groups is 1. The highest BCUT2D eigenvalue weighted by molar-refractivity contribution is 7.99. The van der Waals surface area contributed by atoms with E-state index in [9.17, 15) is 4.79 Å². The van der Waals surface area contributed by atoms with Gasteiger partial charge in [0.05, 0.1) is 5.75 Å². The summed E-state index contributed by atoms with van der Waals surface area (Å²) in [5, 5.41) is 2.87. The van der Waals surface area contributed by atoms with Crippen LogP contribution in [0.4, 0.5) is 5.69 Å². The molecule has 17 heavy (non-hydrogen) atoms. The van der Waals surface area contributed by atoms with Crippen molar-refractivity contribution in [3.8, 4) is 0 Å². The van der Waals surface area contributed by atoms with Gasteiger partial charge in [0.15, 0.2) is 0 Å². The number of hydrogen-bond donors (Lipinski definition) is 2. The maximum atomic E-state index is 11.6. The van der Waals surface area contributed by atoms with Crippen LogP contribution in [0, 0.1) is 6.92 Å². The summed E-state index contributed by atoms with van der Waals surface area (Å²) in [7, 11) is 0. The van der Waals surface area contributed by atoms with Crippen molar-refractivity contribution < 1.29 is 4.79 Å². The smallest absolute Gasteiger partial charge is 0.234 e. The normalized spacial score (nSPS) is 12.2. The van der Waals surface area contributed by atoms with Crippen LogP contribution in [0.15, 0.2) is 24.3 Å². The number of nitrogens with two attached hydrogens (primary N) is 1. The maximum absolute atomic E-state index is 11.6. The second kappa shape index (κ2) is 7.35. The van der Waals surface area contributed by atoms with Gasteiger partial charge in [0.25, 0.3) is 0 Å². The topological polar surface area (TPSA) is 55.1 Å². The minimum absolute atomic E-state index is 0.0449. The molecule has 0 aromatic heterocycles. The average Bonchev–Trinajstić information content (AvgIpc) is 2.27. The van der Waals surface area contributed by atoms with E-state index in [2.05, 4.69) is 5.32 Å². The predicted molar refractivity (Wildman–Crippen MR) is 75.4 cm³/mol. The van der Waals surface area contributed by atoms with Gasteiger partial charge in [0, 0.05) is 11.7 Å². The number of carbonyl (C=O) groups is 1. The molecule has 0 heterocycles. The summed E-state index contributed by atoms with van der Waals surface area (Å²) in [6.45, 7) is 4.00. The number of aryl methyl sites for hydroxylation is 1. The molecule has 0 saturated carbocycles. The lowest BCUT2D eigenvalue weighted by Gasteiger charge is -2.06. The fourth-order valence-corrected chi connectivity index (χ4v) is 2.21. The number of anilines is 1. The second-order valence-corrected chi connectivity index (χ2v) is 5.34. The fourth-order valence-electron chi connectivity index (χ4n) is 1.27. The van der Waals surface area contributed by atoms with E-state index in [4.69, 9.17) is 5.73 Å². The van der Waals surface area contributed by atoms with Gasteiger partial charge in [-0.25, -0.2) is 0 Å². The van der Waals surface area contributed by atoms with E-state index < -0.39 is 0 Å². The van der Waals surface area contributed by atoms with Crippen molar-refractivity contribution >= 4 is 23.4 Å². The van der Waals surface area contributed by atoms with Crippen LogP contribution in [0.25, 0.3) is 0 Å². The van der Waals surface area contributed by atoms with Crippen molar-refractivity contribution in [2.24, 2.45) is 5.73 Å². The highest BCUT2D eigenvalue weighted by Gasteiger charge is 2.02. The Morgan fingerprint density at radius 1 is 1.41 bits per heavy atom. The van der Waals surface area contributed by atoms with Crippen molar-refractivity contribution in [2.75, 3.05) is 16.8 Å². The van der Waals surface area contributed by atoms with Gasteiger partial charge in [-0.2, -0.15) is 11.8 Å². The summed E-state index contributed by atoms with van der Waals surface area (Å²) < 4.78 is 0. The van der Waals surface area contributed by atoms with Crippen LogP contribution < -0.4 is 11.1 Å². The first-order chi connectivity index (χ1) is 8.08. The predicted octanol–water partition coefficient (Wildman–Crippen LogP) is 2.40. The van der Waals surface area contributed by atoms with Gasteiger partial charge >= 0.3 is 0 Å². The number of amides is 1. The molecule has 0 saturated heterocycles. The largest absolute Gasteiger partial charge is 0.328 e. The third-order valence-corrected chi connectivity index (χ3v) is 3.28. The van der Waals surface area contributed by atoms with Crippen LogP contribution in [0.1, 0.15) is 18.9 Å². The number of benzene rings is 1. The molecule has 3 nitrogen and oxygen atoms in total. The first-order valence-electron chi connectivity index (χ1n) is 5.78. The standard InChI is InChI=1S/C13H20N2OS/c1-10-3-5-12(6-4-10)15-13(16)9-17-8-7-11(2)14/h3-6,11H,7-9,14H2,1-2H3,(H,15,16). The molecule has 0 aliphatic carbocycles. The molecule has 1 unspecified atom stereocenters. The van der Waals surface area contributed by atoms with E-state index in [-0.39, 0.29) is 11.9 Å². The third kappa shape index (κ3) is 6.34. The Balaban J connectivity index is 2.23. The quantitative estimate of drug-likeness (QED) is 0.764. The van der Waals surface area contributed by atoms with Crippen molar-refractivity contribution in [3.05, 3.63) is 29.8 Å². The molecule has 0 aliphatic heterocycles. The molecule has 0 fully saturated rings. The van der Waals surface area contributed by atoms with E-state index in [0.29, 0.717) is 5.75 Å². The van der Waals surface area contributed by atoms with Gasteiger partial charge in [-0.15, -0.1) is 0 Å². The lowest BCUT2D eigenvalue weighted by Crippen LogP contribution is -2.17. The van der Waals surface area contributed by atoms with E-state index in [0.717, 1.165) is 17.9 Å². The molecule has 1 aromatic carbocycles. The third-order valence-electron chi connectivity index (χ3n) is 2.29. The van der Waals surface area contributed by atoms with E-state index in [1.807, 2.05) is 38.1 Å². The number of rotatable bonds is 6. The molecule has 0 radical (unpaired) electrons. The Kier molecular flexibility index (Phi) is 6.08. The zero-order valence-corrected chi connectivity index (χ0v) is 11.2. The minimum atomic E-state index is 0.0449. The molecule has 1 atom stereocenters. The summed E-state index contributed by atoms with van der Waals surface area (Å²) in [4.78, 5) is 11.6. The van der Waals surface area contributed by atoms with Crippen LogP contribution in [0.2, 0.25) is 0 Å². The Labute approximate surface area is 107 Å². The number of carbonyl (C=O) groups excluding carboxylic acids is 1. The first kappa shape index (κ1) is 14.1. The Hall–Kier alpha value is -1.00. The van der Waals surface area contributed by atoms with Gasteiger partial charge < -0.3 is 11.1 Å². The van der Waals surface area contributed by atoms with Gasteiger partial charge in [-0.3, -0.25) is 4.79 Å². The number of hydrogen-bond acceptors (Lipinski definition) is 3. The van der Waals surface area contributed by atoms with Crippen molar-refractivity contribution in [1.82, 2.24) is 0 Å². The molecule has 1 amide bonds. The molecule has 0 aliphatic rings. The van der Waals surface area contributed by atoms with Crippen LogP contribution >= 0.6 is 11.8 Å². The SMILES string of the molecule is Cc1ccc(NC(=O)CSCCC(C)N)cc1. The first-order valence-corrected chi connectivity index (χ1v) is 6.93. The summed E-state index contributed by atoms with van der Waals surface area (Å²) in [6.07, 6.45) is 0.947. The van der Waals surface area contributed by atoms with Gasteiger partial charge in [-0.1, -0.05) is 17.7 Å².